The van der Waals surface area contributed by atoms with Gasteiger partial charge in [-0.05, 0) is 52.2 Å². The summed E-state index contributed by atoms with van der Waals surface area (Å²) in [5.41, 5.74) is 4.44. The summed E-state index contributed by atoms with van der Waals surface area (Å²) in [6.07, 6.45) is 0. The zero-order chi connectivity index (χ0) is 19.3. The Morgan fingerprint density at radius 2 is 1.89 bits per heavy atom. The number of nitrogens with two attached hydrogens (primary N) is 1. The van der Waals surface area contributed by atoms with E-state index < -0.39 is 10.0 Å². The summed E-state index contributed by atoms with van der Waals surface area (Å²) in [7, 11) is -3.77. The minimum absolute atomic E-state index is 0.0230. The van der Waals surface area contributed by atoms with E-state index in [4.69, 9.17) is 5.14 Å². The molecule has 0 spiro atoms. The molecule has 140 valence electrons. The Morgan fingerprint density at radius 3 is 2.48 bits per heavy atom. The van der Waals surface area contributed by atoms with Crippen molar-refractivity contribution in [3.63, 3.8) is 0 Å². The van der Waals surface area contributed by atoms with Crippen molar-refractivity contribution in [1.82, 2.24) is 9.88 Å². The topological polar surface area (TPSA) is 129 Å². The van der Waals surface area contributed by atoms with Crippen molar-refractivity contribution in [3.8, 4) is 17.0 Å². The average molecular weight is 386 g/mol. The van der Waals surface area contributed by atoms with Gasteiger partial charge in [0.15, 0.2) is 5.69 Å². The van der Waals surface area contributed by atoms with Crippen LogP contribution in [0.4, 0.5) is 5.69 Å². The van der Waals surface area contributed by atoms with E-state index in [2.05, 4.69) is 22.0 Å². The number of H-pyrrole nitrogens is 1. The van der Waals surface area contributed by atoms with Crippen molar-refractivity contribution in [1.29, 1.82) is 0 Å². The van der Waals surface area contributed by atoms with Crippen LogP contribution in [-0.2, 0) is 23.1 Å². The number of hydrogen-bond acceptors (Lipinski definition) is 6. The lowest BCUT2D eigenvalue weighted by Crippen LogP contribution is -2.14. The minimum Gasteiger partial charge on any atom is -0.493 e. The molecule has 1 aromatic heterocycles. The summed E-state index contributed by atoms with van der Waals surface area (Å²) < 4.78 is 23.0. The van der Waals surface area contributed by atoms with Gasteiger partial charge in [-0.15, -0.1) is 4.91 Å². The highest BCUT2D eigenvalue weighted by atomic mass is 32.2. The number of sulfonamides is 1. The van der Waals surface area contributed by atoms with Gasteiger partial charge in [-0.3, -0.25) is 4.90 Å². The largest absolute Gasteiger partial charge is 0.493 e. The van der Waals surface area contributed by atoms with Crippen LogP contribution in [0.1, 0.15) is 18.1 Å². The second kappa shape index (κ2) is 6.15. The van der Waals surface area contributed by atoms with Crippen LogP contribution in [0.15, 0.2) is 40.4 Å². The first-order chi connectivity index (χ1) is 12.8. The van der Waals surface area contributed by atoms with E-state index in [-0.39, 0.29) is 16.5 Å². The maximum absolute atomic E-state index is 11.5. The highest BCUT2D eigenvalue weighted by Crippen LogP contribution is 2.44. The lowest BCUT2D eigenvalue weighted by Gasteiger charge is -2.11. The molecule has 9 heteroatoms. The molecule has 0 atom stereocenters. The van der Waals surface area contributed by atoms with Crippen molar-refractivity contribution < 1.29 is 13.5 Å². The van der Waals surface area contributed by atoms with Crippen molar-refractivity contribution in [2.45, 2.75) is 24.9 Å². The molecule has 4 rings (SSSR count). The highest BCUT2D eigenvalue weighted by Gasteiger charge is 2.27. The molecule has 0 aliphatic carbocycles. The summed E-state index contributed by atoms with van der Waals surface area (Å²) in [6.45, 7) is 4.32. The van der Waals surface area contributed by atoms with Gasteiger partial charge in [0.1, 0.15) is 0 Å². The summed E-state index contributed by atoms with van der Waals surface area (Å²) >= 11 is 0. The first-order valence-corrected chi connectivity index (χ1v) is 9.96. The number of fused-ring (bicyclic) bond motifs is 3. The van der Waals surface area contributed by atoms with E-state index in [0.29, 0.717) is 17.4 Å². The van der Waals surface area contributed by atoms with Gasteiger partial charge < -0.3 is 10.1 Å². The number of nitrogens with one attached hydrogen (secondary N) is 1. The standard InChI is InChI=1S/C18H18N4O4S/c1-2-22-8-14-12(10-3-5-11(6-4-10)27(19,25)26)7-13-16(15(14)9-22)20-18(23)17(13)21-24/h3-7,20,23H,2,8-9H2,1H3,(H2,19,25,26). The molecule has 0 radical (unpaired) electrons. The molecule has 0 bridgehead atoms. The van der Waals surface area contributed by atoms with Crippen LogP contribution >= 0.6 is 0 Å². The van der Waals surface area contributed by atoms with E-state index in [9.17, 15) is 18.4 Å². The number of aromatic nitrogens is 1. The lowest BCUT2D eigenvalue weighted by molar-refractivity contribution is 0.301. The predicted molar refractivity (Wildman–Crippen MR) is 102 cm³/mol. The molecule has 0 saturated carbocycles. The Balaban J connectivity index is 1.97. The van der Waals surface area contributed by atoms with Crippen LogP contribution in [0.3, 0.4) is 0 Å². The monoisotopic (exact) mass is 386 g/mol. The third-order valence-corrected chi connectivity index (χ3v) is 6.00. The number of nitroso groups, excluding NO2 is 1. The molecule has 3 aromatic rings. The molecule has 0 saturated heterocycles. The summed E-state index contributed by atoms with van der Waals surface area (Å²) in [5, 5.41) is 18.7. The first kappa shape index (κ1) is 17.7. The minimum atomic E-state index is -3.77. The third kappa shape index (κ3) is 2.80. The van der Waals surface area contributed by atoms with Crippen LogP contribution < -0.4 is 5.14 Å². The lowest BCUT2D eigenvalue weighted by atomic mass is 9.94. The molecule has 27 heavy (non-hydrogen) atoms. The fourth-order valence-electron chi connectivity index (χ4n) is 3.67. The first-order valence-electron chi connectivity index (χ1n) is 8.41. The average Bonchev–Trinajstić information content (AvgIpc) is 3.20. The second-order valence-corrected chi connectivity index (χ2v) is 8.15. The van der Waals surface area contributed by atoms with Crippen LogP contribution in [0.25, 0.3) is 22.0 Å². The summed E-state index contributed by atoms with van der Waals surface area (Å²) in [6, 6.07) is 8.11. The molecular formula is C18H18N4O4S. The Morgan fingerprint density at radius 1 is 1.22 bits per heavy atom. The molecule has 1 aliphatic heterocycles. The molecule has 1 aliphatic rings. The zero-order valence-electron chi connectivity index (χ0n) is 14.6. The molecule has 2 heterocycles. The molecule has 8 nitrogen and oxygen atoms in total. The molecule has 0 unspecified atom stereocenters. The Labute approximate surface area is 155 Å². The number of rotatable bonds is 4. The molecule has 0 amide bonds. The second-order valence-electron chi connectivity index (χ2n) is 6.59. The van der Waals surface area contributed by atoms with Gasteiger partial charge in [0.2, 0.25) is 15.9 Å². The summed E-state index contributed by atoms with van der Waals surface area (Å²) in [4.78, 5) is 16.3. The van der Waals surface area contributed by atoms with E-state index in [0.717, 1.165) is 35.3 Å². The molecule has 0 fully saturated rings. The highest BCUT2D eigenvalue weighted by molar-refractivity contribution is 7.89. The van der Waals surface area contributed by atoms with Crippen LogP contribution in [-0.4, -0.2) is 30.0 Å². The number of aromatic amines is 1. The van der Waals surface area contributed by atoms with Gasteiger partial charge in [0, 0.05) is 18.5 Å². The molecule has 2 aromatic carbocycles. The van der Waals surface area contributed by atoms with E-state index >= 15 is 0 Å². The SMILES string of the molecule is CCN1Cc2c(-c3ccc(S(N)(=O)=O)cc3)cc3c(N=O)c(O)[nH]c3c2C1. The Hall–Kier alpha value is -2.75. The zero-order valence-corrected chi connectivity index (χ0v) is 15.4. The number of nitrogens with zero attached hydrogens (tertiary/aromatic N) is 2. The van der Waals surface area contributed by atoms with Gasteiger partial charge in [0.05, 0.1) is 10.4 Å². The van der Waals surface area contributed by atoms with E-state index in [1.165, 1.54) is 12.1 Å². The quantitative estimate of drug-likeness (QED) is 0.594. The fourth-order valence-corrected chi connectivity index (χ4v) is 4.19. The van der Waals surface area contributed by atoms with Crippen LogP contribution in [0.5, 0.6) is 5.88 Å². The Bertz CT molecular complexity index is 1170. The number of benzene rings is 2. The van der Waals surface area contributed by atoms with E-state index in [1.807, 2.05) is 6.07 Å². The van der Waals surface area contributed by atoms with Gasteiger partial charge >= 0.3 is 0 Å². The maximum atomic E-state index is 11.5. The normalized spacial score (nSPS) is 14.6. The van der Waals surface area contributed by atoms with Crippen molar-refractivity contribution in [2.75, 3.05) is 6.54 Å². The summed E-state index contributed by atoms with van der Waals surface area (Å²) in [5.74, 6) is -0.251. The van der Waals surface area contributed by atoms with Gasteiger partial charge in [-0.2, -0.15) is 0 Å². The van der Waals surface area contributed by atoms with Gasteiger partial charge in [-0.25, -0.2) is 13.6 Å². The number of primary sulfonamides is 1. The van der Waals surface area contributed by atoms with Crippen molar-refractivity contribution in [3.05, 3.63) is 46.4 Å². The fraction of sp³-hybridized carbons (Fsp3) is 0.222. The van der Waals surface area contributed by atoms with Gasteiger partial charge in [-0.1, -0.05) is 19.1 Å². The van der Waals surface area contributed by atoms with E-state index in [1.54, 1.807) is 12.1 Å². The number of aromatic hydroxyl groups is 1. The maximum Gasteiger partial charge on any atom is 0.238 e. The smallest absolute Gasteiger partial charge is 0.238 e. The molecule has 4 N–H and O–H groups in total. The Kier molecular flexibility index (Phi) is 4.02. The third-order valence-electron chi connectivity index (χ3n) is 5.07. The van der Waals surface area contributed by atoms with Crippen molar-refractivity contribution in [2.24, 2.45) is 10.3 Å². The van der Waals surface area contributed by atoms with Crippen molar-refractivity contribution >= 4 is 26.6 Å². The van der Waals surface area contributed by atoms with Gasteiger partial charge in [0.25, 0.3) is 0 Å². The number of hydrogen-bond donors (Lipinski definition) is 3. The molecular weight excluding hydrogens is 368 g/mol. The van der Waals surface area contributed by atoms with Crippen LogP contribution in [0, 0.1) is 4.91 Å². The predicted octanol–water partition coefficient (Wildman–Crippen LogP) is 2.92. The van der Waals surface area contributed by atoms with Crippen LogP contribution in [0.2, 0.25) is 0 Å².